The highest BCUT2D eigenvalue weighted by molar-refractivity contribution is 5.91. The third-order valence-electron chi connectivity index (χ3n) is 7.92. The van der Waals surface area contributed by atoms with Gasteiger partial charge in [0.2, 0.25) is 5.88 Å². The van der Waals surface area contributed by atoms with E-state index in [-0.39, 0.29) is 29.8 Å². The number of halogens is 1. The van der Waals surface area contributed by atoms with Crippen LogP contribution in [0.2, 0.25) is 0 Å². The fraction of sp³-hybridized carbons (Fsp3) is 0.355. The highest BCUT2D eigenvalue weighted by Gasteiger charge is 2.26. The maximum atomic E-state index is 14.2. The predicted molar refractivity (Wildman–Crippen MR) is 145 cm³/mol. The quantitative estimate of drug-likeness (QED) is 0.308. The Hall–Kier alpha value is -4.33. The summed E-state index contributed by atoms with van der Waals surface area (Å²) in [6, 6.07) is 16.9. The highest BCUT2D eigenvalue weighted by atomic mass is 19.1. The number of carbonyl (C=O) groups excluding carboxylic acids is 1. The predicted octanol–water partition coefficient (Wildman–Crippen LogP) is 3.55. The first-order chi connectivity index (χ1) is 20.0. The summed E-state index contributed by atoms with van der Waals surface area (Å²) < 4.78 is 27.8. The van der Waals surface area contributed by atoms with Crippen molar-refractivity contribution in [2.24, 2.45) is 0 Å². The molecule has 0 unspecified atom stereocenters. The Kier molecular flexibility index (Phi) is 7.63. The molecular formula is C31H29FN5O4-. The van der Waals surface area contributed by atoms with Crippen LogP contribution < -0.4 is 9.84 Å². The first-order valence-electron chi connectivity index (χ1n) is 13.8. The molecule has 41 heavy (non-hydrogen) atoms. The number of aromatic carboxylic acids is 1. The van der Waals surface area contributed by atoms with Crippen LogP contribution in [-0.4, -0.2) is 51.2 Å². The number of likely N-dealkylation sites (tertiary alicyclic amines) is 1. The number of hydrogen-bond acceptors (Lipinski definition) is 8. The van der Waals surface area contributed by atoms with Gasteiger partial charge in [-0.15, -0.1) is 0 Å². The molecule has 0 aliphatic carbocycles. The Morgan fingerprint density at radius 2 is 1.95 bits per heavy atom. The summed E-state index contributed by atoms with van der Waals surface area (Å²) in [5.74, 6) is -0.0628. The fourth-order valence-electron chi connectivity index (χ4n) is 5.47. The van der Waals surface area contributed by atoms with E-state index in [1.165, 1.54) is 12.1 Å². The van der Waals surface area contributed by atoms with Gasteiger partial charge < -0.3 is 23.9 Å². The maximum Gasteiger partial charge on any atom is 0.213 e. The van der Waals surface area contributed by atoms with Crippen LogP contribution in [0.1, 0.15) is 58.2 Å². The average Bonchev–Trinajstić information content (AvgIpc) is 3.30. The molecule has 210 valence electrons. The molecule has 2 aliphatic rings. The van der Waals surface area contributed by atoms with Crippen LogP contribution in [0.15, 0.2) is 54.6 Å². The minimum Gasteiger partial charge on any atom is -0.545 e. The van der Waals surface area contributed by atoms with Gasteiger partial charge in [0.1, 0.15) is 18.2 Å². The number of carbonyl (C=O) groups is 1. The minimum absolute atomic E-state index is 0.0316. The molecule has 2 aromatic carbocycles. The van der Waals surface area contributed by atoms with Gasteiger partial charge in [-0.25, -0.2) is 14.4 Å². The molecule has 0 bridgehead atoms. The van der Waals surface area contributed by atoms with Crippen molar-refractivity contribution < 1.29 is 23.8 Å². The van der Waals surface area contributed by atoms with Crippen molar-refractivity contribution in [2.75, 3.05) is 19.7 Å². The summed E-state index contributed by atoms with van der Waals surface area (Å²) in [6.45, 7) is 3.80. The smallest absolute Gasteiger partial charge is 0.213 e. The standard InChI is InChI=1S/C31H30FN5O4/c32-25-14-20(16-33)4-5-23(25)19-41-30-3-1-2-26(35-30)21-8-11-36(12-9-21)18-29-34-27-7-6-22(31(38)39)15-28(27)37(29)17-24-10-13-40-24/h1-7,14-15,21,24H,8-13,17-19H2,(H,38,39)/p-1/t24-/m0/s1. The van der Waals surface area contributed by atoms with E-state index < -0.39 is 11.8 Å². The van der Waals surface area contributed by atoms with Crippen molar-refractivity contribution in [1.82, 2.24) is 19.4 Å². The topological polar surface area (TPSA) is 116 Å². The molecular weight excluding hydrogens is 525 g/mol. The number of pyridine rings is 1. The van der Waals surface area contributed by atoms with Crippen LogP contribution in [0, 0.1) is 17.1 Å². The normalized spacial score (nSPS) is 17.7. The second-order valence-electron chi connectivity index (χ2n) is 10.6. The van der Waals surface area contributed by atoms with E-state index in [0.29, 0.717) is 24.5 Å². The van der Waals surface area contributed by atoms with Gasteiger partial charge in [-0.2, -0.15) is 5.26 Å². The van der Waals surface area contributed by atoms with Crippen molar-refractivity contribution in [1.29, 1.82) is 5.26 Å². The van der Waals surface area contributed by atoms with Gasteiger partial charge in [-0.3, -0.25) is 4.90 Å². The lowest BCUT2D eigenvalue weighted by molar-refractivity contribution is -0.255. The van der Waals surface area contributed by atoms with E-state index in [0.717, 1.165) is 61.5 Å². The number of nitriles is 1. The second-order valence-corrected chi connectivity index (χ2v) is 10.6. The van der Waals surface area contributed by atoms with Gasteiger partial charge in [-0.1, -0.05) is 18.2 Å². The summed E-state index contributed by atoms with van der Waals surface area (Å²) >= 11 is 0. The molecule has 6 rings (SSSR count). The number of nitrogens with zero attached hydrogens (tertiary/aromatic N) is 5. The second kappa shape index (κ2) is 11.6. The zero-order valence-electron chi connectivity index (χ0n) is 22.5. The van der Waals surface area contributed by atoms with Gasteiger partial charge in [0, 0.05) is 29.8 Å². The largest absolute Gasteiger partial charge is 0.545 e. The summed E-state index contributed by atoms with van der Waals surface area (Å²) in [4.78, 5) is 23.4. The van der Waals surface area contributed by atoms with Crippen molar-refractivity contribution in [3.63, 3.8) is 0 Å². The van der Waals surface area contributed by atoms with Crippen molar-refractivity contribution >= 4 is 17.0 Å². The lowest BCUT2D eigenvalue weighted by Crippen LogP contribution is -2.35. The van der Waals surface area contributed by atoms with Gasteiger partial charge in [0.25, 0.3) is 0 Å². The molecule has 2 aromatic heterocycles. The molecule has 0 spiro atoms. The zero-order valence-corrected chi connectivity index (χ0v) is 22.5. The molecule has 0 saturated carbocycles. The molecule has 4 heterocycles. The summed E-state index contributed by atoms with van der Waals surface area (Å²) in [5, 5.41) is 20.4. The van der Waals surface area contributed by atoms with Crippen LogP contribution in [0.5, 0.6) is 5.88 Å². The van der Waals surface area contributed by atoms with Crippen molar-refractivity contribution in [3.05, 3.63) is 88.6 Å². The number of carboxylic acid groups (broad SMARTS) is 1. The van der Waals surface area contributed by atoms with Crippen LogP contribution in [0.25, 0.3) is 11.0 Å². The van der Waals surface area contributed by atoms with Crippen LogP contribution in [0.3, 0.4) is 0 Å². The number of benzene rings is 2. The van der Waals surface area contributed by atoms with Gasteiger partial charge in [-0.05, 0) is 68.2 Å². The zero-order chi connectivity index (χ0) is 28.3. The maximum absolute atomic E-state index is 14.2. The SMILES string of the molecule is N#Cc1ccc(COc2cccc(C3CCN(Cc4nc5ccc(C(=O)[O-])cc5n4C[C@@H]4CCO4)CC3)n2)c(F)c1. The Bertz CT molecular complexity index is 1620. The number of fused-ring (bicyclic) bond motifs is 1. The van der Waals surface area contributed by atoms with Gasteiger partial charge in [0.05, 0.1) is 47.8 Å². The van der Waals surface area contributed by atoms with Crippen molar-refractivity contribution in [2.45, 2.75) is 51.0 Å². The van der Waals surface area contributed by atoms with Gasteiger partial charge >= 0.3 is 0 Å². The Labute approximate surface area is 236 Å². The fourth-order valence-corrected chi connectivity index (χ4v) is 5.47. The van der Waals surface area contributed by atoms with Crippen LogP contribution in [-0.2, 0) is 24.4 Å². The number of rotatable bonds is 9. The molecule has 2 fully saturated rings. The summed E-state index contributed by atoms with van der Waals surface area (Å²) in [5.41, 5.74) is 3.28. The number of ether oxygens (including phenoxy) is 2. The molecule has 9 nitrogen and oxygen atoms in total. The van der Waals surface area contributed by atoms with Crippen molar-refractivity contribution in [3.8, 4) is 11.9 Å². The first-order valence-corrected chi connectivity index (χ1v) is 13.8. The summed E-state index contributed by atoms with van der Waals surface area (Å²) in [6.07, 6.45) is 2.92. The number of aromatic nitrogens is 3. The van der Waals surface area contributed by atoms with E-state index in [2.05, 4.69) is 9.47 Å². The van der Waals surface area contributed by atoms with E-state index in [9.17, 15) is 14.3 Å². The Balaban J connectivity index is 1.10. The molecule has 4 aromatic rings. The number of imidazole rings is 1. The van der Waals surface area contributed by atoms with E-state index in [1.54, 1.807) is 30.3 Å². The number of carboxylic acids is 1. The summed E-state index contributed by atoms with van der Waals surface area (Å²) in [7, 11) is 0. The third-order valence-corrected chi connectivity index (χ3v) is 7.92. The first kappa shape index (κ1) is 26.9. The lowest BCUT2D eigenvalue weighted by atomic mass is 9.93. The number of hydrogen-bond donors (Lipinski definition) is 0. The minimum atomic E-state index is -1.20. The molecule has 10 heteroatoms. The molecule has 2 saturated heterocycles. The number of piperidine rings is 1. The Morgan fingerprint density at radius 1 is 1.12 bits per heavy atom. The Morgan fingerprint density at radius 3 is 2.66 bits per heavy atom. The molecule has 0 radical (unpaired) electrons. The monoisotopic (exact) mass is 554 g/mol. The molecule has 0 amide bonds. The van der Waals surface area contributed by atoms with Gasteiger partial charge in [0.15, 0.2) is 0 Å². The molecule has 1 atom stereocenters. The van der Waals surface area contributed by atoms with E-state index in [4.69, 9.17) is 24.7 Å². The highest BCUT2D eigenvalue weighted by Crippen LogP contribution is 2.30. The van der Waals surface area contributed by atoms with E-state index >= 15 is 0 Å². The third kappa shape index (κ3) is 5.92. The molecule has 2 aliphatic heterocycles. The van der Waals surface area contributed by atoms with Crippen LogP contribution >= 0.6 is 0 Å². The average molecular weight is 555 g/mol. The lowest BCUT2D eigenvalue weighted by Gasteiger charge is -2.32. The molecule has 0 N–H and O–H groups in total. The van der Waals surface area contributed by atoms with E-state index in [1.807, 2.05) is 18.2 Å². The van der Waals surface area contributed by atoms with Crippen LogP contribution in [0.4, 0.5) is 4.39 Å².